The molecule has 1 aliphatic heterocycles. The maximum atomic E-state index is 12.6. The molecule has 1 aliphatic rings. The summed E-state index contributed by atoms with van der Waals surface area (Å²) in [7, 11) is 0. The van der Waals surface area contributed by atoms with Gasteiger partial charge in [0.1, 0.15) is 0 Å². The van der Waals surface area contributed by atoms with Gasteiger partial charge in [0.05, 0.1) is 11.4 Å². The fraction of sp³-hybridized carbons (Fsp3) is 0.300. The number of rotatable bonds is 3. The van der Waals surface area contributed by atoms with Gasteiger partial charge in [0.15, 0.2) is 0 Å². The van der Waals surface area contributed by atoms with E-state index < -0.39 is 0 Å². The molecule has 1 fully saturated rings. The first-order valence-electron chi connectivity index (χ1n) is 8.07. The lowest BCUT2D eigenvalue weighted by atomic mass is 10.1. The highest BCUT2D eigenvalue weighted by Crippen LogP contribution is 2.30. The predicted octanol–water partition coefficient (Wildman–Crippen LogP) is 4.22. The molecular weight excluding hydrogens is 284 g/mol. The number of nitrogens with one attached hydrogen (secondary N) is 1. The van der Waals surface area contributed by atoms with Gasteiger partial charge in [0.2, 0.25) is 0 Å². The van der Waals surface area contributed by atoms with Crippen molar-refractivity contribution in [1.29, 1.82) is 0 Å². The zero-order valence-electron chi connectivity index (χ0n) is 13.7. The Morgan fingerprint density at radius 1 is 1.09 bits per heavy atom. The van der Waals surface area contributed by atoms with Crippen LogP contribution in [0, 0.1) is 20.8 Å². The molecule has 0 spiro atoms. The zero-order valence-corrected chi connectivity index (χ0v) is 13.7. The predicted molar refractivity (Wildman–Crippen MR) is 95.2 cm³/mol. The second-order valence-electron chi connectivity index (χ2n) is 6.24. The van der Waals surface area contributed by atoms with Crippen LogP contribution < -0.4 is 10.2 Å². The molecular formula is C20H22N2O. The van der Waals surface area contributed by atoms with E-state index in [1.165, 1.54) is 12.8 Å². The average molecular weight is 306 g/mol. The van der Waals surface area contributed by atoms with Crippen LogP contribution in [0.1, 0.15) is 39.9 Å². The van der Waals surface area contributed by atoms with Crippen molar-refractivity contribution < 1.29 is 4.79 Å². The Bertz CT molecular complexity index is 730. The first-order chi connectivity index (χ1) is 11.0. The quantitative estimate of drug-likeness (QED) is 0.921. The van der Waals surface area contributed by atoms with Crippen LogP contribution in [-0.2, 0) is 0 Å². The Balaban J connectivity index is 1.87. The topological polar surface area (TPSA) is 32.3 Å². The fourth-order valence-corrected chi connectivity index (χ4v) is 2.96. The highest BCUT2D eigenvalue weighted by atomic mass is 16.1. The molecule has 3 rings (SSSR count). The van der Waals surface area contributed by atoms with Crippen molar-refractivity contribution in [2.24, 2.45) is 0 Å². The summed E-state index contributed by atoms with van der Waals surface area (Å²) in [6.07, 6.45) is 2.41. The molecule has 2 radical (unpaired) electrons. The van der Waals surface area contributed by atoms with E-state index in [-0.39, 0.29) is 5.91 Å². The van der Waals surface area contributed by atoms with Gasteiger partial charge in [-0.3, -0.25) is 4.79 Å². The number of hydrogen-bond acceptors (Lipinski definition) is 2. The largest absolute Gasteiger partial charge is 0.370 e. The van der Waals surface area contributed by atoms with E-state index in [4.69, 9.17) is 6.92 Å². The van der Waals surface area contributed by atoms with Crippen LogP contribution in [0.25, 0.3) is 0 Å². The Labute approximate surface area is 138 Å². The second kappa shape index (κ2) is 6.45. The summed E-state index contributed by atoms with van der Waals surface area (Å²) in [5.41, 5.74) is 5.31. The molecule has 2 aromatic rings. The number of amides is 1. The maximum Gasteiger partial charge on any atom is 0.255 e. The van der Waals surface area contributed by atoms with Crippen molar-refractivity contribution in [3.05, 3.63) is 65.6 Å². The van der Waals surface area contributed by atoms with E-state index in [0.717, 1.165) is 35.6 Å². The summed E-state index contributed by atoms with van der Waals surface area (Å²) in [6, 6.07) is 11.6. The highest BCUT2D eigenvalue weighted by Gasteiger charge is 2.17. The van der Waals surface area contributed by atoms with Crippen molar-refractivity contribution in [3.63, 3.8) is 0 Å². The second-order valence-corrected chi connectivity index (χ2v) is 6.24. The minimum Gasteiger partial charge on any atom is -0.370 e. The Morgan fingerprint density at radius 2 is 1.83 bits per heavy atom. The van der Waals surface area contributed by atoms with Crippen molar-refractivity contribution in [2.45, 2.75) is 26.7 Å². The van der Waals surface area contributed by atoms with E-state index in [1.807, 2.05) is 32.0 Å². The average Bonchev–Trinajstić information content (AvgIpc) is 3.04. The van der Waals surface area contributed by atoms with E-state index in [1.54, 1.807) is 6.07 Å². The molecule has 1 saturated heterocycles. The number of aryl methyl sites for hydroxylation is 2. The molecule has 1 amide bonds. The zero-order chi connectivity index (χ0) is 16.4. The number of benzene rings is 2. The molecule has 3 heteroatoms. The monoisotopic (exact) mass is 306 g/mol. The maximum absolute atomic E-state index is 12.6. The molecule has 0 atom stereocenters. The van der Waals surface area contributed by atoms with Crippen molar-refractivity contribution in [1.82, 2.24) is 0 Å². The standard InChI is InChI=1S/C20H22N2O/c1-14-6-9-19(22-10-4-5-11-22)18(12-14)21-20(23)17-8-7-15(2)16(3)13-17/h3,6-9,12-13H,4-5,10-11H2,1-2H3,(H,21,23). The lowest BCUT2D eigenvalue weighted by Crippen LogP contribution is -2.21. The minimum absolute atomic E-state index is 0.122. The van der Waals surface area contributed by atoms with Crippen LogP contribution in [0.4, 0.5) is 11.4 Å². The van der Waals surface area contributed by atoms with E-state index >= 15 is 0 Å². The van der Waals surface area contributed by atoms with Crippen LogP contribution in [0.3, 0.4) is 0 Å². The molecule has 23 heavy (non-hydrogen) atoms. The fourth-order valence-electron chi connectivity index (χ4n) is 2.96. The Hall–Kier alpha value is -2.29. The highest BCUT2D eigenvalue weighted by molar-refractivity contribution is 6.06. The minimum atomic E-state index is -0.122. The van der Waals surface area contributed by atoms with Gasteiger partial charge in [-0.05, 0) is 74.6 Å². The first kappa shape index (κ1) is 15.6. The normalized spacial score (nSPS) is 14.1. The first-order valence-corrected chi connectivity index (χ1v) is 8.07. The number of carbonyl (C=O) groups excluding carboxylic acids is 1. The Morgan fingerprint density at radius 3 is 2.52 bits per heavy atom. The number of hydrogen-bond donors (Lipinski definition) is 1. The molecule has 2 aromatic carbocycles. The van der Waals surface area contributed by atoms with Crippen LogP contribution in [0.2, 0.25) is 0 Å². The Kier molecular flexibility index (Phi) is 4.37. The third-order valence-electron chi connectivity index (χ3n) is 4.39. The summed E-state index contributed by atoms with van der Waals surface area (Å²) in [4.78, 5) is 14.9. The molecule has 3 nitrogen and oxygen atoms in total. The molecule has 0 aliphatic carbocycles. The molecule has 0 bridgehead atoms. The lowest BCUT2D eigenvalue weighted by molar-refractivity contribution is 0.102. The van der Waals surface area contributed by atoms with Gasteiger partial charge in [0, 0.05) is 18.7 Å². The summed E-state index contributed by atoms with van der Waals surface area (Å²) >= 11 is 0. The van der Waals surface area contributed by atoms with Gasteiger partial charge < -0.3 is 10.2 Å². The summed E-state index contributed by atoms with van der Waals surface area (Å²) < 4.78 is 0. The van der Waals surface area contributed by atoms with Crippen LogP contribution in [0.5, 0.6) is 0 Å². The molecule has 0 saturated carbocycles. The smallest absolute Gasteiger partial charge is 0.255 e. The van der Waals surface area contributed by atoms with E-state index in [0.29, 0.717) is 11.1 Å². The molecule has 1 heterocycles. The van der Waals surface area contributed by atoms with Gasteiger partial charge in [0.25, 0.3) is 5.91 Å². The van der Waals surface area contributed by atoms with Gasteiger partial charge in [-0.2, -0.15) is 0 Å². The molecule has 0 aromatic heterocycles. The van der Waals surface area contributed by atoms with Gasteiger partial charge in [-0.15, -0.1) is 0 Å². The summed E-state index contributed by atoms with van der Waals surface area (Å²) in [6.45, 7) is 12.0. The van der Waals surface area contributed by atoms with Crippen LogP contribution in [0.15, 0.2) is 36.4 Å². The molecule has 1 N–H and O–H groups in total. The van der Waals surface area contributed by atoms with Crippen molar-refractivity contribution >= 4 is 17.3 Å². The lowest BCUT2D eigenvalue weighted by Gasteiger charge is -2.22. The van der Waals surface area contributed by atoms with Crippen molar-refractivity contribution in [3.8, 4) is 0 Å². The van der Waals surface area contributed by atoms with Crippen molar-refractivity contribution in [2.75, 3.05) is 23.3 Å². The number of carbonyl (C=O) groups is 1. The summed E-state index contributed by atoms with van der Waals surface area (Å²) in [5, 5.41) is 3.06. The van der Waals surface area contributed by atoms with E-state index in [2.05, 4.69) is 22.3 Å². The number of nitrogens with zero attached hydrogens (tertiary/aromatic N) is 1. The SMILES string of the molecule is [CH]c1cc(C(=O)Nc2cc(C)ccc2N2CCCC2)ccc1C. The third-order valence-corrected chi connectivity index (χ3v) is 4.39. The van der Waals surface area contributed by atoms with Crippen LogP contribution in [-0.4, -0.2) is 19.0 Å². The molecule has 118 valence electrons. The van der Waals surface area contributed by atoms with Gasteiger partial charge in [-0.25, -0.2) is 0 Å². The molecule has 0 unspecified atom stereocenters. The van der Waals surface area contributed by atoms with Gasteiger partial charge >= 0.3 is 0 Å². The van der Waals surface area contributed by atoms with Crippen LogP contribution >= 0.6 is 0 Å². The summed E-state index contributed by atoms with van der Waals surface area (Å²) in [5.74, 6) is -0.122. The van der Waals surface area contributed by atoms with E-state index in [9.17, 15) is 4.79 Å². The third kappa shape index (κ3) is 3.39. The van der Waals surface area contributed by atoms with Gasteiger partial charge in [-0.1, -0.05) is 12.1 Å². The number of anilines is 2.